The second kappa shape index (κ2) is 11.0. The Kier molecular flexibility index (Phi) is 10.9. The van der Waals surface area contributed by atoms with Crippen molar-refractivity contribution in [2.75, 3.05) is 21.3 Å². The summed E-state index contributed by atoms with van der Waals surface area (Å²) in [6.45, 7) is 2.25. The van der Waals surface area contributed by atoms with E-state index >= 15 is 0 Å². The monoisotopic (exact) mass is 246 g/mol. The molecule has 0 rings (SSSR count). The molecule has 0 spiro atoms. The topological polar surface area (TPSA) is 27.7 Å². The van der Waals surface area contributed by atoms with E-state index in [0.29, 0.717) is 0 Å². The lowest BCUT2D eigenvalue weighted by molar-refractivity contribution is -0.355. The van der Waals surface area contributed by atoms with E-state index in [-0.39, 0.29) is 0 Å². The Hall–Kier alpha value is -0.120. The van der Waals surface area contributed by atoms with Gasteiger partial charge in [-0.1, -0.05) is 51.9 Å². The molecule has 0 amide bonds. The summed E-state index contributed by atoms with van der Waals surface area (Å²) in [5.41, 5.74) is 0. The van der Waals surface area contributed by atoms with Crippen molar-refractivity contribution in [1.82, 2.24) is 0 Å². The van der Waals surface area contributed by atoms with Gasteiger partial charge < -0.3 is 14.2 Å². The maximum absolute atomic E-state index is 5.25. The van der Waals surface area contributed by atoms with Crippen molar-refractivity contribution in [3.63, 3.8) is 0 Å². The predicted octanol–water partition coefficient (Wildman–Crippen LogP) is 4.11. The predicted molar refractivity (Wildman–Crippen MR) is 71.0 cm³/mol. The van der Waals surface area contributed by atoms with Gasteiger partial charge in [0.15, 0.2) is 0 Å². The van der Waals surface area contributed by atoms with Crippen molar-refractivity contribution in [3.05, 3.63) is 0 Å². The molecule has 104 valence electrons. The highest BCUT2D eigenvalue weighted by Crippen LogP contribution is 2.21. The van der Waals surface area contributed by atoms with Gasteiger partial charge in [-0.2, -0.15) is 0 Å². The fourth-order valence-corrected chi connectivity index (χ4v) is 2.03. The molecule has 0 saturated heterocycles. The maximum atomic E-state index is 5.25. The Morgan fingerprint density at radius 2 is 1.06 bits per heavy atom. The molecule has 0 bridgehead atoms. The lowest BCUT2D eigenvalue weighted by Crippen LogP contribution is -2.35. The molecule has 0 N–H and O–H groups in total. The summed E-state index contributed by atoms with van der Waals surface area (Å²) in [6.07, 6.45) is 11.2. The summed E-state index contributed by atoms with van der Waals surface area (Å²) in [6, 6.07) is 0. The van der Waals surface area contributed by atoms with Gasteiger partial charge in [-0.3, -0.25) is 0 Å². The first kappa shape index (κ1) is 16.9. The summed E-state index contributed by atoms with van der Waals surface area (Å²) < 4.78 is 15.8. The van der Waals surface area contributed by atoms with Crippen molar-refractivity contribution in [2.45, 2.75) is 70.7 Å². The van der Waals surface area contributed by atoms with E-state index in [1.807, 2.05) is 0 Å². The van der Waals surface area contributed by atoms with E-state index < -0.39 is 5.97 Å². The van der Waals surface area contributed by atoms with Gasteiger partial charge in [-0.25, -0.2) is 0 Å². The van der Waals surface area contributed by atoms with E-state index in [2.05, 4.69) is 6.92 Å². The van der Waals surface area contributed by atoms with E-state index in [1.165, 1.54) is 44.9 Å². The van der Waals surface area contributed by atoms with Gasteiger partial charge in [0.2, 0.25) is 0 Å². The number of methoxy groups -OCH3 is 3. The average molecular weight is 246 g/mol. The highest BCUT2D eigenvalue weighted by molar-refractivity contribution is 4.56. The molecule has 0 fully saturated rings. The SMILES string of the molecule is CCCCCCCCCCC(OC)(OC)OC. The lowest BCUT2D eigenvalue weighted by Gasteiger charge is -2.28. The first-order valence-corrected chi connectivity index (χ1v) is 6.90. The zero-order valence-corrected chi connectivity index (χ0v) is 12.1. The Morgan fingerprint density at radius 3 is 1.47 bits per heavy atom. The molecule has 0 saturated carbocycles. The largest absolute Gasteiger partial charge is 0.331 e. The third kappa shape index (κ3) is 7.74. The first-order chi connectivity index (χ1) is 8.24. The molecule has 3 heteroatoms. The van der Waals surface area contributed by atoms with Gasteiger partial charge in [0, 0.05) is 27.8 Å². The molecular formula is C14H30O3. The minimum atomic E-state index is -0.831. The van der Waals surface area contributed by atoms with Crippen LogP contribution in [0, 0.1) is 0 Å². The van der Waals surface area contributed by atoms with Crippen LogP contribution in [-0.4, -0.2) is 27.3 Å². The van der Waals surface area contributed by atoms with E-state index in [1.54, 1.807) is 21.3 Å². The average Bonchev–Trinajstić information content (AvgIpc) is 2.38. The zero-order valence-electron chi connectivity index (χ0n) is 12.1. The fourth-order valence-electron chi connectivity index (χ4n) is 2.03. The first-order valence-electron chi connectivity index (χ1n) is 6.90. The van der Waals surface area contributed by atoms with Gasteiger partial charge in [-0.05, 0) is 6.42 Å². The third-order valence-electron chi connectivity index (χ3n) is 3.27. The van der Waals surface area contributed by atoms with Crippen molar-refractivity contribution in [1.29, 1.82) is 0 Å². The number of hydrogen-bond donors (Lipinski definition) is 0. The zero-order chi connectivity index (χ0) is 13.0. The second-order valence-electron chi connectivity index (χ2n) is 4.52. The quantitative estimate of drug-likeness (QED) is 0.383. The van der Waals surface area contributed by atoms with Crippen LogP contribution in [0.4, 0.5) is 0 Å². The summed E-state index contributed by atoms with van der Waals surface area (Å²) in [5.74, 6) is -0.831. The van der Waals surface area contributed by atoms with Crippen LogP contribution in [0.15, 0.2) is 0 Å². The van der Waals surface area contributed by atoms with E-state index in [0.717, 1.165) is 12.8 Å². The fraction of sp³-hybridized carbons (Fsp3) is 1.00. The highest BCUT2D eigenvalue weighted by Gasteiger charge is 2.28. The van der Waals surface area contributed by atoms with Crippen LogP contribution in [0.25, 0.3) is 0 Å². The van der Waals surface area contributed by atoms with Crippen LogP contribution < -0.4 is 0 Å². The maximum Gasteiger partial charge on any atom is 0.282 e. The third-order valence-corrected chi connectivity index (χ3v) is 3.27. The van der Waals surface area contributed by atoms with Crippen LogP contribution in [0.3, 0.4) is 0 Å². The van der Waals surface area contributed by atoms with Gasteiger partial charge in [0.05, 0.1) is 0 Å². The number of hydrogen-bond acceptors (Lipinski definition) is 3. The lowest BCUT2D eigenvalue weighted by atomic mass is 10.1. The molecule has 17 heavy (non-hydrogen) atoms. The molecule has 0 aliphatic carbocycles. The molecule has 0 radical (unpaired) electrons. The van der Waals surface area contributed by atoms with Crippen LogP contribution >= 0.6 is 0 Å². The molecule has 3 nitrogen and oxygen atoms in total. The van der Waals surface area contributed by atoms with Crippen LogP contribution in [0.5, 0.6) is 0 Å². The molecular weight excluding hydrogens is 216 g/mol. The molecule has 0 aromatic carbocycles. The highest BCUT2D eigenvalue weighted by atomic mass is 16.9. The van der Waals surface area contributed by atoms with Crippen molar-refractivity contribution >= 4 is 0 Å². The summed E-state index contributed by atoms with van der Waals surface area (Å²) in [5, 5.41) is 0. The van der Waals surface area contributed by atoms with Crippen molar-refractivity contribution in [2.24, 2.45) is 0 Å². The van der Waals surface area contributed by atoms with Gasteiger partial charge in [-0.15, -0.1) is 0 Å². The molecule has 0 aliphatic rings. The van der Waals surface area contributed by atoms with Gasteiger partial charge in [0.25, 0.3) is 5.97 Å². The Morgan fingerprint density at radius 1 is 0.647 bits per heavy atom. The molecule has 0 unspecified atom stereocenters. The molecule has 0 atom stereocenters. The number of unbranched alkanes of at least 4 members (excludes halogenated alkanes) is 7. The smallest absolute Gasteiger partial charge is 0.282 e. The minimum absolute atomic E-state index is 0.797. The summed E-state index contributed by atoms with van der Waals surface area (Å²) >= 11 is 0. The normalized spacial score (nSPS) is 12.0. The van der Waals surface area contributed by atoms with Crippen molar-refractivity contribution in [3.8, 4) is 0 Å². The van der Waals surface area contributed by atoms with Crippen LogP contribution in [0.1, 0.15) is 64.7 Å². The molecule has 0 heterocycles. The minimum Gasteiger partial charge on any atom is -0.331 e. The van der Waals surface area contributed by atoms with E-state index in [4.69, 9.17) is 14.2 Å². The number of rotatable bonds is 12. The van der Waals surface area contributed by atoms with Crippen molar-refractivity contribution < 1.29 is 14.2 Å². The standard InChI is InChI=1S/C14H30O3/c1-5-6-7-8-9-10-11-12-13-14(15-2,16-3)17-4/h5-13H2,1-4H3. The number of ether oxygens (including phenoxy) is 3. The molecule has 0 aromatic heterocycles. The van der Waals surface area contributed by atoms with Gasteiger partial charge >= 0.3 is 0 Å². The Balaban J connectivity index is 3.43. The van der Waals surface area contributed by atoms with Gasteiger partial charge in [0.1, 0.15) is 0 Å². The van der Waals surface area contributed by atoms with Crippen LogP contribution in [-0.2, 0) is 14.2 Å². The Labute approximate surface area is 107 Å². The van der Waals surface area contributed by atoms with Crippen LogP contribution in [0.2, 0.25) is 0 Å². The molecule has 0 aromatic rings. The second-order valence-corrected chi connectivity index (χ2v) is 4.52. The summed E-state index contributed by atoms with van der Waals surface area (Å²) in [4.78, 5) is 0. The Bertz CT molecular complexity index is 147. The molecule has 0 aliphatic heterocycles. The van der Waals surface area contributed by atoms with E-state index in [9.17, 15) is 0 Å². The summed E-state index contributed by atoms with van der Waals surface area (Å²) in [7, 11) is 4.87.